The number of hydrogen-bond acceptors (Lipinski definition) is 4. The highest BCUT2D eigenvalue weighted by Crippen LogP contribution is 2.57. The molecular weight excluding hydrogens is 290 g/mol. The standard InChI is InChI=1S/C18H25N3O2/c1-2-10-3-4-13-15(22)8-18(13,7-10)16(20)17(23)21-12(9-19)5-11-6-14(11)21/h4,10-12,14-16,22H,2-3,5-8,20H2,1H3. The normalized spacial score (nSPS) is 45.2. The minimum atomic E-state index is -0.623. The van der Waals surface area contributed by atoms with Crippen molar-refractivity contribution < 1.29 is 9.90 Å². The maximum Gasteiger partial charge on any atom is 0.241 e. The first-order valence-corrected chi connectivity index (χ1v) is 8.87. The second-order valence-corrected chi connectivity index (χ2v) is 7.92. The molecule has 0 aromatic carbocycles. The van der Waals surface area contributed by atoms with E-state index in [0.29, 0.717) is 18.3 Å². The highest BCUT2D eigenvalue weighted by Gasteiger charge is 2.60. The zero-order chi connectivity index (χ0) is 16.4. The fourth-order valence-corrected chi connectivity index (χ4v) is 5.24. The number of aliphatic hydroxyl groups is 1. The summed E-state index contributed by atoms with van der Waals surface area (Å²) in [5.41, 5.74) is 7.07. The highest BCUT2D eigenvalue weighted by molar-refractivity contribution is 5.85. The summed E-state index contributed by atoms with van der Waals surface area (Å²) >= 11 is 0. The molecule has 0 bridgehead atoms. The molecule has 1 amide bonds. The third kappa shape index (κ3) is 2.01. The van der Waals surface area contributed by atoms with Crippen molar-refractivity contribution >= 4 is 5.91 Å². The predicted octanol–water partition coefficient (Wildman–Crippen LogP) is 1.32. The van der Waals surface area contributed by atoms with Crippen LogP contribution in [0.5, 0.6) is 0 Å². The fraction of sp³-hybridized carbons (Fsp3) is 0.778. The van der Waals surface area contributed by atoms with E-state index in [2.05, 4.69) is 19.1 Å². The Morgan fingerprint density at radius 1 is 1.57 bits per heavy atom. The van der Waals surface area contributed by atoms with Gasteiger partial charge in [-0.1, -0.05) is 19.4 Å². The van der Waals surface area contributed by atoms with Gasteiger partial charge in [-0.15, -0.1) is 0 Å². The summed E-state index contributed by atoms with van der Waals surface area (Å²) in [6, 6.07) is 1.57. The molecule has 0 aromatic heterocycles. The smallest absolute Gasteiger partial charge is 0.241 e. The molecule has 3 aliphatic carbocycles. The summed E-state index contributed by atoms with van der Waals surface area (Å²) in [5.74, 6) is 0.963. The SMILES string of the molecule is CCC1CC=C2C(O)CC2(C(N)C(=O)N2C(C#N)CC3CC32)C1. The van der Waals surface area contributed by atoms with Crippen LogP contribution in [0.2, 0.25) is 0 Å². The molecule has 4 rings (SSSR count). The van der Waals surface area contributed by atoms with Gasteiger partial charge >= 0.3 is 0 Å². The number of rotatable bonds is 3. The van der Waals surface area contributed by atoms with E-state index in [1.807, 2.05) is 0 Å². The molecular formula is C18H25N3O2. The average Bonchev–Trinajstić information content (AvgIpc) is 3.21. The van der Waals surface area contributed by atoms with Crippen LogP contribution in [0.4, 0.5) is 0 Å². The molecule has 5 nitrogen and oxygen atoms in total. The lowest BCUT2D eigenvalue weighted by atomic mass is 9.52. The summed E-state index contributed by atoms with van der Waals surface area (Å²) in [5, 5.41) is 19.5. The lowest BCUT2D eigenvalue weighted by Crippen LogP contribution is -2.63. The van der Waals surface area contributed by atoms with Crippen molar-refractivity contribution in [3.8, 4) is 6.07 Å². The van der Waals surface area contributed by atoms with E-state index < -0.39 is 12.1 Å². The first-order valence-electron chi connectivity index (χ1n) is 8.87. The number of piperidine rings is 1. The molecule has 5 heteroatoms. The summed E-state index contributed by atoms with van der Waals surface area (Å²) in [6.45, 7) is 2.17. The van der Waals surface area contributed by atoms with Crippen molar-refractivity contribution in [2.75, 3.05) is 0 Å². The van der Waals surface area contributed by atoms with E-state index in [4.69, 9.17) is 5.73 Å². The Labute approximate surface area is 137 Å². The molecule has 0 aromatic rings. The number of amides is 1. The van der Waals surface area contributed by atoms with Gasteiger partial charge in [-0.2, -0.15) is 5.26 Å². The van der Waals surface area contributed by atoms with Gasteiger partial charge in [0.25, 0.3) is 0 Å². The van der Waals surface area contributed by atoms with Crippen LogP contribution >= 0.6 is 0 Å². The molecule has 3 N–H and O–H groups in total. The van der Waals surface area contributed by atoms with Gasteiger partial charge in [-0.3, -0.25) is 4.79 Å². The molecule has 2 saturated carbocycles. The second-order valence-electron chi connectivity index (χ2n) is 7.92. The number of carbonyl (C=O) groups is 1. The van der Waals surface area contributed by atoms with Crippen molar-refractivity contribution in [1.82, 2.24) is 4.90 Å². The van der Waals surface area contributed by atoms with Crippen LogP contribution in [-0.4, -0.2) is 40.1 Å². The van der Waals surface area contributed by atoms with E-state index in [0.717, 1.165) is 37.7 Å². The Balaban J connectivity index is 1.59. The topological polar surface area (TPSA) is 90.3 Å². The number of allylic oxidation sites excluding steroid dienone is 1. The third-order valence-electron chi connectivity index (χ3n) is 6.76. The Morgan fingerprint density at radius 3 is 3.00 bits per heavy atom. The van der Waals surface area contributed by atoms with Gasteiger partial charge in [-0.05, 0) is 49.5 Å². The molecule has 7 unspecified atom stereocenters. The Kier molecular flexibility index (Phi) is 3.33. The average molecular weight is 315 g/mol. The minimum absolute atomic E-state index is 0.0731. The first kappa shape index (κ1) is 15.2. The molecule has 124 valence electrons. The molecule has 4 aliphatic rings. The van der Waals surface area contributed by atoms with Gasteiger partial charge in [0, 0.05) is 11.5 Å². The number of nitrogens with two attached hydrogens (primary N) is 1. The Bertz CT molecular complexity index is 610. The van der Waals surface area contributed by atoms with Gasteiger partial charge in [0.1, 0.15) is 6.04 Å². The number of hydrogen-bond donors (Lipinski definition) is 2. The largest absolute Gasteiger partial charge is 0.389 e. The van der Waals surface area contributed by atoms with Gasteiger partial charge in [0.2, 0.25) is 5.91 Å². The molecule has 0 radical (unpaired) electrons. The van der Waals surface area contributed by atoms with Crippen LogP contribution < -0.4 is 5.73 Å². The van der Waals surface area contributed by atoms with E-state index in [1.54, 1.807) is 4.90 Å². The lowest BCUT2D eigenvalue weighted by Gasteiger charge is -2.55. The molecule has 3 fully saturated rings. The van der Waals surface area contributed by atoms with E-state index in [1.165, 1.54) is 0 Å². The van der Waals surface area contributed by atoms with E-state index in [9.17, 15) is 15.2 Å². The number of fused-ring (bicyclic) bond motifs is 2. The summed E-state index contributed by atoms with van der Waals surface area (Å²) in [4.78, 5) is 14.8. The van der Waals surface area contributed by atoms with Crippen LogP contribution in [0.15, 0.2) is 11.6 Å². The maximum atomic E-state index is 13.1. The zero-order valence-electron chi connectivity index (χ0n) is 13.6. The number of nitriles is 1. The first-order chi connectivity index (χ1) is 11.0. The van der Waals surface area contributed by atoms with Crippen molar-refractivity contribution in [1.29, 1.82) is 5.26 Å². The zero-order valence-corrected chi connectivity index (χ0v) is 13.6. The summed E-state index contributed by atoms with van der Waals surface area (Å²) < 4.78 is 0. The van der Waals surface area contributed by atoms with E-state index >= 15 is 0 Å². The number of carbonyl (C=O) groups excluding carboxylic acids is 1. The third-order valence-corrected chi connectivity index (χ3v) is 6.76. The number of nitrogens with zero attached hydrogens (tertiary/aromatic N) is 2. The second kappa shape index (κ2) is 5.06. The Hall–Kier alpha value is -1.38. The van der Waals surface area contributed by atoms with Crippen molar-refractivity contribution in [3.63, 3.8) is 0 Å². The van der Waals surface area contributed by atoms with Crippen molar-refractivity contribution in [2.45, 2.75) is 69.7 Å². The molecule has 1 aliphatic heterocycles. The van der Waals surface area contributed by atoms with Gasteiger partial charge in [0.15, 0.2) is 0 Å². The van der Waals surface area contributed by atoms with Crippen LogP contribution in [0.25, 0.3) is 0 Å². The quantitative estimate of drug-likeness (QED) is 0.769. The fourth-order valence-electron chi connectivity index (χ4n) is 5.24. The van der Waals surface area contributed by atoms with Crippen LogP contribution in [0, 0.1) is 28.6 Å². The van der Waals surface area contributed by atoms with Gasteiger partial charge < -0.3 is 15.7 Å². The van der Waals surface area contributed by atoms with Gasteiger partial charge in [-0.25, -0.2) is 0 Å². The minimum Gasteiger partial charge on any atom is -0.389 e. The van der Waals surface area contributed by atoms with Crippen molar-refractivity contribution in [2.24, 2.45) is 23.0 Å². The monoisotopic (exact) mass is 315 g/mol. The van der Waals surface area contributed by atoms with Crippen molar-refractivity contribution in [3.05, 3.63) is 11.6 Å². The number of aliphatic hydroxyl groups excluding tert-OH is 1. The molecule has 1 heterocycles. The molecule has 23 heavy (non-hydrogen) atoms. The van der Waals surface area contributed by atoms with Crippen LogP contribution in [-0.2, 0) is 4.79 Å². The Morgan fingerprint density at radius 2 is 2.35 bits per heavy atom. The molecule has 1 saturated heterocycles. The molecule has 7 atom stereocenters. The van der Waals surface area contributed by atoms with E-state index in [-0.39, 0.29) is 23.4 Å². The lowest BCUT2D eigenvalue weighted by molar-refractivity contribution is -0.139. The number of likely N-dealkylation sites (tertiary alicyclic amines) is 1. The molecule has 0 spiro atoms. The van der Waals surface area contributed by atoms with Crippen LogP contribution in [0.3, 0.4) is 0 Å². The summed E-state index contributed by atoms with van der Waals surface area (Å²) in [6.07, 6.45) is 7.01. The predicted molar refractivity (Wildman–Crippen MR) is 84.9 cm³/mol. The summed E-state index contributed by atoms with van der Waals surface area (Å²) in [7, 11) is 0. The highest BCUT2D eigenvalue weighted by atomic mass is 16.3. The maximum absolute atomic E-state index is 13.1. The van der Waals surface area contributed by atoms with Gasteiger partial charge in [0.05, 0.1) is 18.2 Å². The van der Waals surface area contributed by atoms with Crippen LogP contribution in [0.1, 0.15) is 45.4 Å².